The van der Waals surface area contributed by atoms with Gasteiger partial charge >= 0.3 is 0 Å². The highest BCUT2D eigenvalue weighted by Crippen LogP contribution is 2.34. The minimum atomic E-state index is 0.394. The van der Waals surface area contributed by atoms with Crippen LogP contribution in [-0.2, 0) is 0 Å². The van der Waals surface area contributed by atoms with Gasteiger partial charge in [0.1, 0.15) is 0 Å². The first kappa shape index (κ1) is 7.07. The van der Waals surface area contributed by atoms with Gasteiger partial charge in [0.2, 0.25) is 0 Å². The molecule has 0 aromatic rings. The van der Waals surface area contributed by atoms with Gasteiger partial charge in [-0.3, -0.25) is 0 Å². The Morgan fingerprint density at radius 3 is 2.22 bits per heavy atom. The average molecular weight is 128 g/mol. The van der Waals surface area contributed by atoms with Crippen molar-refractivity contribution >= 4 is 0 Å². The van der Waals surface area contributed by atoms with Crippen molar-refractivity contribution in [2.24, 2.45) is 17.8 Å². The summed E-state index contributed by atoms with van der Waals surface area (Å²) in [5, 5.41) is 8.85. The molecular formula is C8H16O. The van der Waals surface area contributed by atoms with E-state index in [-0.39, 0.29) is 0 Å². The third kappa shape index (κ3) is 1.45. The Morgan fingerprint density at radius 1 is 1.33 bits per heavy atom. The number of hydrogen-bond donors (Lipinski definition) is 1. The summed E-state index contributed by atoms with van der Waals surface area (Å²) in [7, 11) is 0. The van der Waals surface area contributed by atoms with Crippen LogP contribution in [0.15, 0.2) is 0 Å². The number of hydrogen-bond acceptors (Lipinski definition) is 1. The second-order valence-electron chi connectivity index (χ2n) is 3.50. The summed E-state index contributed by atoms with van der Waals surface area (Å²) >= 11 is 0. The molecule has 0 heterocycles. The summed E-state index contributed by atoms with van der Waals surface area (Å²) in [5.74, 6) is 2.20. The van der Waals surface area contributed by atoms with E-state index in [0.717, 1.165) is 11.8 Å². The van der Waals surface area contributed by atoms with E-state index in [9.17, 15) is 0 Å². The predicted molar refractivity (Wildman–Crippen MR) is 38.1 cm³/mol. The Balaban J connectivity index is 2.38. The molecule has 0 aliphatic heterocycles. The maximum Gasteiger partial charge on any atom is 0.0461 e. The predicted octanol–water partition coefficient (Wildman–Crippen LogP) is 1.66. The first-order valence-electron chi connectivity index (χ1n) is 3.85. The molecule has 1 aliphatic carbocycles. The topological polar surface area (TPSA) is 20.2 Å². The molecule has 0 saturated heterocycles. The summed E-state index contributed by atoms with van der Waals surface area (Å²) in [6, 6.07) is 0. The fourth-order valence-electron chi connectivity index (χ4n) is 1.93. The largest absolute Gasteiger partial charge is 0.396 e. The van der Waals surface area contributed by atoms with Crippen LogP contribution in [0.2, 0.25) is 0 Å². The molecule has 1 fully saturated rings. The summed E-state index contributed by atoms with van der Waals surface area (Å²) in [4.78, 5) is 0. The summed E-state index contributed by atoms with van der Waals surface area (Å²) in [6.45, 7) is 4.90. The number of aliphatic hydroxyl groups excluding tert-OH is 1. The summed E-state index contributed by atoms with van der Waals surface area (Å²) in [5.41, 5.74) is 0. The zero-order valence-electron chi connectivity index (χ0n) is 6.30. The fraction of sp³-hybridized carbons (Fsp3) is 1.00. The molecule has 0 spiro atoms. The average Bonchev–Trinajstić information content (AvgIpc) is 2.10. The van der Waals surface area contributed by atoms with Crippen molar-refractivity contribution in [2.75, 3.05) is 6.61 Å². The molecule has 0 bridgehead atoms. The lowest BCUT2D eigenvalue weighted by Crippen LogP contribution is -2.07. The number of rotatable bonds is 1. The van der Waals surface area contributed by atoms with Gasteiger partial charge in [0.15, 0.2) is 0 Å². The molecule has 1 nitrogen and oxygen atoms in total. The van der Waals surface area contributed by atoms with E-state index >= 15 is 0 Å². The molecule has 1 rings (SSSR count). The zero-order chi connectivity index (χ0) is 6.85. The van der Waals surface area contributed by atoms with Crippen LogP contribution in [0.25, 0.3) is 0 Å². The van der Waals surface area contributed by atoms with E-state index in [1.165, 1.54) is 12.8 Å². The molecule has 0 unspecified atom stereocenters. The second-order valence-corrected chi connectivity index (χ2v) is 3.50. The fourth-order valence-corrected chi connectivity index (χ4v) is 1.93. The van der Waals surface area contributed by atoms with Crippen molar-refractivity contribution in [3.63, 3.8) is 0 Å². The third-order valence-corrected chi connectivity index (χ3v) is 2.52. The molecule has 1 N–H and O–H groups in total. The quantitative estimate of drug-likeness (QED) is 0.569. The van der Waals surface area contributed by atoms with E-state index in [2.05, 4.69) is 13.8 Å². The van der Waals surface area contributed by atoms with Crippen molar-refractivity contribution in [1.82, 2.24) is 0 Å². The van der Waals surface area contributed by atoms with Gasteiger partial charge in [0, 0.05) is 6.61 Å². The molecule has 3 atom stereocenters. The van der Waals surface area contributed by atoms with Crippen LogP contribution >= 0.6 is 0 Å². The van der Waals surface area contributed by atoms with Gasteiger partial charge in [0.25, 0.3) is 0 Å². The monoisotopic (exact) mass is 128 g/mol. The van der Waals surface area contributed by atoms with Crippen molar-refractivity contribution in [3.8, 4) is 0 Å². The first-order valence-corrected chi connectivity index (χ1v) is 3.85. The minimum Gasteiger partial charge on any atom is -0.396 e. The van der Waals surface area contributed by atoms with Crippen molar-refractivity contribution in [3.05, 3.63) is 0 Å². The molecule has 1 aliphatic rings. The van der Waals surface area contributed by atoms with Crippen LogP contribution in [-0.4, -0.2) is 11.7 Å². The molecular weight excluding hydrogens is 112 g/mol. The van der Waals surface area contributed by atoms with Crippen LogP contribution in [0, 0.1) is 17.8 Å². The normalized spacial score (nSPS) is 43.7. The maximum atomic E-state index is 8.85. The highest BCUT2D eigenvalue weighted by atomic mass is 16.3. The maximum absolute atomic E-state index is 8.85. The minimum absolute atomic E-state index is 0.394. The molecule has 54 valence electrons. The zero-order valence-corrected chi connectivity index (χ0v) is 6.30. The van der Waals surface area contributed by atoms with Crippen LogP contribution in [0.5, 0.6) is 0 Å². The standard InChI is InChI=1S/C8H16O/c1-6-3-7(2)8(4-6)5-9/h6-9H,3-5H2,1-2H3/t6-,7-,8+/m0/s1. The Hall–Kier alpha value is -0.0400. The molecule has 0 amide bonds. The Labute approximate surface area is 57.1 Å². The molecule has 0 aromatic carbocycles. The van der Waals surface area contributed by atoms with Gasteiger partial charge in [-0.1, -0.05) is 13.8 Å². The lowest BCUT2D eigenvalue weighted by atomic mass is 10.00. The summed E-state index contributed by atoms with van der Waals surface area (Å²) < 4.78 is 0. The molecule has 9 heavy (non-hydrogen) atoms. The Bertz CT molecular complexity index is 90.6. The van der Waals surface area contributed by atoms with Crippen LogP contribution in [0.1, 0.15) is 26.7 Å². The Morgan fingerprint density at radius 2 is 2.00 bits per heavy atom. The van der Waals surface area contributed by atoms with Crippen molar-refractivity contribution in [1.29, 1.82) is 0 Å². The van der Waals surface area contributed by atoms with Gasteiger partial charge < -0.3 is 5.11 Å². The van der Waals surface area contributed by atoms with Gasteiger partial charge in [-0.15, -0.1) is 0 Å². The van der Waals surface area contributed by atoms with Crippen molar-refractivity contribution in [2.45, 2.75) is 26.7 Å². The van der Waals surface area contributed by atoms with Crippen LogP contribution in [0.4, 0.5) is 0 Å². The lowest BCUT2D eigenvalue weighted by Gasteiger charge is -2.09. The molecule has 0 aromatic heterocycles. The van der Waals surface area contributed by atoms with Gasteiger partial charge in [-0.2, -0.15) is 0 Å². The highest BCUT2D eigenvalue weighted by molar-refractivity contribution is 4.77. The van der Waals surface area contributed by atoms with Crippen LogP contribution < -0.4 is 0 Å². The van der Waals surface area contributed by atoms with Crippen LogP contribution in [0.3, 0.4) is 0 Å². The molecule has 1 saturated carbocycles. The Kier molecular flexibility index (Phi) is 2.12. The van der Waals surface area contributed by atoms with Gasteiger partial charge in [-0.05, 0) is 30.6 Å². The second kappa shape index (κ2) is 2.70. The first-order chi connectivity index (χ1) is 4.24. The highest BCUT2D eigenvalue weighted by Gasteiger charge is 2.27. The smallest absolute Gasteiger partial charge is 0.0461 e. The number of aliphatic hydroxyl groups is 1. The van der Waals surface area contributed by atoms with Gasteiger partial charge in [0.05, 0.1) is 0 Å². The van der Waals surface area contributed by atoms with E-state index in [4.69, 9.17) is 5.11 Å². The van der Waals surface area contributed by atoms with E-state index in [1.54, 1.807) is 0 Å². The van der Waals surface area contributed by atoms with E-state index in [1.807, 2.05) is 0 Å². The SMILES string of the molecule is C[C@@H]1C[C@H](CO)[C@@H](C)C1. The molecule has 1 heteroatoms. The molecule has 0 radical (unpaired) electrons. The van der Waals surface area contributed by atoms with Gasteiger partial charge in [-0.25, -0.2) is 0 Å². The van der Waals surface area contributed by atoms with Crippen molar-refractivity contribution < 1.29 is 5.11 Å². The third-order valence-electron chi connectivity index (χ3n) is 2.52. The summed E-state index contributed by atoms with van der Waals surface area (Å²) in [6.07, 6.45) is 2.54. The lowest BCUT2D eigenvalue weighted by molar-refractivity contribution is 0.200. The van der Waals surface area contributed by atoms with E-state index in [0.29, 0.717) is 12.5 Å². The van der Waals surface area contributed by atoms with E-state index < -0.39 is 0 Å².